The monoisotopic (exact) mass is 407 g/mol. The van der Waals surface area contributed by atoms with Crippen molar-refractivity contribution in [3.05, 3.63) is 76.8 Å². The van der Waals surface area contributed by atoms with Crippen LogP contribution >= 0.6 is 0 Å². The van der Waals surface area contributed by atoms with E-state index in [9.17, 15) is 4.79 Å². The van der Waals surface area contributed by atoms with E-state index >= 15 is 0 Å². The third kappa shape index (κ3) is 6.65. The molecule has 0 aliphatic carbocycles. The van der Waals surface area contributed by atoms with Crippen LogP contribution in [0.5, 0.6) is 0 Å². The molecule has 0 saturated heterocycles. The van der Waals surface area contributed by atoms with E-state index in [1.807, 2.05) is 24.3 Å². The minimum Gasteiger partial charge on any atom is -1.00 e. The van der Waals surface area contributed by atoms with Gasteiger partial charge < -0.3 is 30.1 Å². The number of aromatic amines is 1. The molecule has 1 atom stereocenters. The maximum absolute atomic E-state index is 12.5. The summed E-state index contributed by atoms with van der Waals surface area (Å²) in [7, 11) is 0. The predicted octanol–water partition coefficient (Wildman–Crippen LogP) is -4.20. The van der Waals surface area contributed by atoms with Gasteiger partial charge in [0.15, 0.2) is 0 Å². The van der Waals surface area contributed by atoms with Crippen LogP contribution in [0.4, 0.5) is 0 Å². The Labute approximate surface area is 172 Å². The molecule has 0 fully saturated rings. The molecule has 0 radical (unpaired) electrons. The summed E-state index contributed by atoms with van der Waals surface area (Å²) in [5, 5.41) is 3.14. The molecule has 4 nitrogen and oxygen atoms in total. The van der Waals surface area contributed by atoms with Crippen molar-refractivity contribution >= 4 is 10.9 Å². The van der Waals surface area contributed by atoms with Gasteiger partial charge in [-0.2, -0.15) is 4.57 Å². The maximum atomic E-state index is 12.5. The first kappa shape index (κ1) is 23.2. The molecule has 0 saturated carbocycles. The van der Waals surface area contributed by atoms with Crippen molar-refractivity contribution in [3.8, 4) is 0 Å². The zero-order valence-electron chi connectivity index (χ0n) is 15.6. The average molecular weight is 408 g/mol. The molecule has 27 heavy (non-hydrogen) atoms. The second kappa shape index (κ2) is 11.8. The lowest BCUT2D eigenvalue weighted by atomic mass is 10.1. The second-order valence-electron chi connectivity index (χ2n) is 6.70. The maximum Gasteiger partial charge on any atom is 0.345 e. The van der Waals surface area contributed by atoms with E-state index in [0.29, 0.717) is 6.04 Å². The molecule has 1 heterocycles. The molecule has 146 valence electrons. The van der Waals surface area contributed by atoms with Gasteiger partial charge in [0.25, 0.3) is 0 Å². The lowest BCUT2D eigenvalue weighted by Crippen LogP contribution is -3.00. The topological polar surface area (TPSA) is 52.8 Å². The molecule has 1 aromatic heterocycles. The number of halogens is 2. The van der Waals surface area contributed by atoms with Gasteiger partial charge in [0.05, 0.1) is 19.1 Å². The molecule has 0 bridgehead atoms. The van der Waals surface area contributed by atoms with Gasteiger partial charge in [-0.15, -0.1) is 0 Å². The summed E-state index contributed by atoms with van der Waals surface area (Å²) >= 11 is 0. The normalized spacial score (nSPS) is 11.4. The molecule has 0 amide bonds. The Morgan fingerprint density at radius 3 is 2.52 bits per heavy atom. The minimum absolute atomic E-state index is 0. The molecular weight excluding hydrogens is 381 g/mol. The van der Waals surface area contributed by atoms with Crippen molar-refractivity contribution in [2.45, 2.75) is 38.8 Å². The first-order valence-corrected chi connectivity index (χ1v) is 9.11. The van der Waals surface area contributed by atoms with Gasteiger partial charge in [-0.1, -0.05) is 42.5 Å². The smallest absolute Gasteiger partial charge is 0.345 e. The molecule has 6 heteroatoms. The Kier molecular flexibility index (Phi) is 10.1. The lowest BCUT2D eigenvalue weighted by molar-refractivity contribution is -0.687. The van der Waals surface area contributed by atoms with E-state index in [0.717, 1.165) is 36.8 Å². The van der Waals surface area contributed by atoms with Crippen LogP contribution in [0.25, 0.3) is 10.9 Å². The number of aryl methyl sites for hydroxylation is 2. The van der Waals surface area contributed by atoms with Gasteiger partial charge in [-0.25, -0.2) is 9.78 Å². The first-order valence-electron chi connectivity index (χ1n) is 9.11. The number of quaternary nitrogens is 1. The quantitative estimate of drug-likeness (QED) is 0.378. The predicted molar refractivity (Wildman–Crippen MR) is 100 cm³/mol. The summed E-state index contributed by atoms with van der Waals surface area (Å²) in [4.78, 5) is 15.7. The fraction of sp³-hybridized carbons (Fsp3) is 0.333. The van der Waals surface area contributed by atoms with Gasteiger partial charge >= 0.3 is 5.56 Å². The highest BCUT2D eigenvalue weighted by Gasteiger charge is 2.12. The van der Waals surface area contributed by atoms with Crippen molar-refractivity contribution < 1.29 is 35.1 Å². The zero-order valence-corrected chi connectivity index (χ0v) is 17.1. The summed E-state index contributed by atoms with van der Waals surface area (Å²) in [6.07, 6.45) is 5.09. The van der Waals surface area contributed by atoms with Gasteiger partial charge in [0, 0.05) is 12.8 Å². The minimum atomic E-state index is 0. The Bertz CT molecular complexity index is 868. The first-order chi connectivity index (χ1) is 12.2. The number of para-hydroxylation sites is 1. The Balaban J connectivity index is 0.00000182. The summed E-state index contributed by atoms with van der Waals surface area (Å²) in [5.74, 6) is 0. The number of rotatable bonds is 8. The van der Waals surface area contributed by atoms with Crippen molar-refractivity contribution in [1.82, 2.24) is 4.57 Å². The molecule has 3 aromatic rings. The SMILES string of the molecule is CC(CCn1c[nH+]c2ccccc2c1=O)[NH2+]CCCc1ccccc1.[Cl-].[Cl-]. The number of benzene rings is 2. The molecular formula is C21H27Cl2N3O. The van der Waals surface area contributed by atoms with Gasteiger partial charge in [-0.05, 0) is 31.0 Å². The number of hydrogen-bond acceptors (Lipinski definition) is 1. The van der Waals surface area contributed by atoms with Gasteiger partial charge in [0.1, 0.15) is 10.9 Å². The number of H-pyrrole nitrogens is 1. The number of nitrogens with two attached hydrogens (primary N) is 1. The Morgan fingerprint density at radius 2 is 1.74 bits per heavy atom. The molecule has 0 aliphatic heterocycles. The second-order valence-corrected chi connectivity index (χ2v) is 6.70. The molecule has 0 aliphatic rings. The van der Waals surface area contributed by atoms with Crippen molar-refractivity contribution in [2.24, 2.45) is 0 Å². The van der Waals surface area contributed by atoms with Crippen molar-refractivity contribution in [2.75, 3.05) is 6.54 Å². The molecule has 3 N–H and O–H groups in total. The summed E-state index contributed by atoms with van der Waals surface area (Å²) in [6.45, 7) is 4.10. The number of hydrogen-bond donors (Lipinski definition) is 1. The zero-order chi connectivity index (χ0) is 17.5. The Morgan fingerprint density at radius 1 is 1.04 bits per heavy atom. The average Bonchev–Trinajstić information content (AvgIpc) is 2.66. The molecule has 1 unspecified atom stereocenters. The highest BCUT2D eigenvalue weighted by molar-refractivity contribution is 5.73. The van der Waals surface area contributed by atoms with E-state index in [1.54, 1.807) is 10.9 Å². The van der Waals surface area contributed by atoms with Crippen LogP contribution in [0.15, 0.2) is 65.7 Å². The third-order valence-corrected chi connectivity index (χ3v) is 4.70. The van der Waals surface area contributed by atoms with E-state index < -0.39 is 0 Å². The van der Waals surface area contributed by atoms with Gasteiger partial charge in [0.2, 0.25) is 6.33 Å². The molecule has 3 rings (SSSR count). The van der Waals surface area contributed by atoms with Crippen LogP contribution in [0.1, 0.15) is 25.3 Å². The van der Waals surface area contributed by atoms with Crippen molar-refractivity contribution in [1.29, 1.82) is 0 Å². The van der Waals surface area contributed by atoms with Crippen LogP contribution in [0.2, 0.25) is 0 Å². The van der Waals surface area contributed by atoms with Crippen LogP contribution in [-0.4, -0.2) is 17.2 Å². The van der Waals surface area contributed by atoms with Crippen LogP contribution in [-0.2, 0) is 13.0 Å². The molecule has 2 aromatic carbocycles. The summed E-state index contributed by atoms with van der Waals surface area (Å²) in [6, 6.07) is 18.8. The lowest BCUT2D eigenvalue weighted by Gasteiger charge is -2.10. The largest absolute Gasteiger partial charge is 1.00 e. The summed E-state index contributed by atoms with van der Waals surface area (Å²) in [5.41, 5.74) is 2.39. The van der Waals surface area contributed by atoms with Crippen LogP contribution < -0.4 is 40.7 Å². The fourth-order valence-corrected chi connectivity index (χ4v) is 3.14. The number of nitrogens with zero attached hydrogens (tertiary/aromatic N) is 1. The van der Waals surface area contributed by atoms with E-state index in [4.69, 9.17) is 0 Å². The van der Waals surface area contributed by atoms with Gasteiger partial charge in [-0.3, -0.25) is 0 Å². The summed E-state index contributed by atoms with van der Waals surface area (Å²) < 4.78 is 1.79. The van der Waals surface area contributed by atoms with Crippen LogP contribution in [0, 0.1) is 0 Å². The Hall–Kier alpha value is -1.88. The standard InChI is InChI=1S/C21H25N3O.2ClH/c1-17(22-14-7-10-18-8-3-2-4-9-18)13-15-24-16-23-20-12-6-5-11-19(20)21(24)25;;/h2-6,8-9,11-12,16-17,22H,7,10,13-15H2,1H3;2*1H. The third-order valence-electron chi connectivity index (χ3n) is 4.70. The fourth-order valence-electron chi connectivity index (χ4n) is 3.14. The van der Waals surface area contributed by atoms with E-state index in [1.165, 1.54) is 12.0 Å². The number of nitrogens with one attached hydrogen (secondary N) is 1. The van der Waals surface area contributed by atoms with E-state index in [-0.39, 0.29) is 30.4 Å². The van der Waals surface area contributed by atoms with E-state index in [2.05, 4.69) is 47.6 Å². The highest BCUT2D eigenvalue weighted by atomic mass is 35.5. The molecule has 0 spiro atoms. The number of fused-ring (bicyclic) bond motifs is 1. The number of aromatic nitrogens is 2. The van der Waals surface area contributed by atoms with Crippen molar-refractivity contribution in [3.63, 3.8) is 0 Å². The van der Waals surface area contributed by atoms with Crippen LogP contribution in [0.3, 0.4) is 0 Å². The highest BCUT2D eigenvalue weighted by Crippen LogP contribution is 2.02.